The Morgan fingerprint density at radius 2 is 2.06 bits per heavy atom. The Kier molecular flexibility index (Phi) is 4.07. The van der Waals surface area contributed by atoms with Crippen molar-refractivity contribution in [2.75, 3.05) is 6.73 Å². The molecule has 0 atom stereocenters. The monoisotopic (exact) mass is 218 g/mol. The number of aliphatic hydroxyl groups is 1. The van der Waals surface area contributed by atoms with Gasteiger partial charge in [0, 0.05) is 0 Å². The van der Waals surface area contributed by atoms with Crippen LogP contribution in [-0.2, 0) is 4.79 Å². The Hall–Kier alpha value is -2.32. The lowest BCUT2D eigenvalue weighted by molar-refractivity contribution is -0.118. The number of hydrogen-bond acceptors (Lipinski definition) is 4. The number of phenolic OH excluding ortho intramolecular Hbond substituents is 1. The maximum absolute atomic E-state index is 11.2. The normalized spacial score (nSPS) is 10.6. The summed E-state index contributed by atoms with van der Waals surface area (Å²) < 4.78 is 0. The van der Waals surface area contributed by atoms with Gasteiger partial charge in [-0.2, -0.15) is 5.26 Å². The first-order chi connectivity index (χ1) is 7.67. The van der Waals surface area contributed by atoms with Gasteiger partial charge in [0.05, 0.1) is 0 Å². The first-order valence-corrected chi connectivity index (χ1v) is 4.47. The van der Waals surface area contributed by atoms with Crippen LogP contribution >= 0.6 is 0 Å². The van der Waals surface area contributed by atoms with Gasteiger partial charge in [-0.05, 0) is 23.8 Å². The largest absolute Gasteiger partial charge is 0.508 e. The molecule has 82 valence electrons. The summed E-state index contributed by atoms with van der Waals surface area (Å²) in [6.45, 7) is -0.520. The molecule has 0 saturated carbocycles. The van der Waals surface area contributed by atoms with Gasteiger partial charge in [0.15, 0.2) is 0 Å². The minimum absolute atomic E-state index is 0.107. The molecule has 1 aromatic carbocycles. The zero-order valence-electron chi connectivity index (χ0n) is 8.34. The summed E-state index contributed by atoms with van der Waals surface area (Å²) in [5.74, 6) is -0.534. The van der Waals surface area contributed by atoms with Crippen LogP contribution in [0.15, 0.2) is 29.8 Å². The molecule has 0 aliphatic carbocycles. The number of amides is 1. The molecule has 1 rings (SSSR count). The molecule has 0 aromatic heterocycles. The minimum Gasteiger partial charge on any atom is -0.508 e. The number of nitrogens with one attached hydrogen (secondary N) is 1. The van der Waals surface area contributed by atoms with Gasteiger partial charge in [-0.3, -0.25) is 4.79 Å². The third-order valence-electron chi connectivity index (χ3n) is 1.81. The fraction of sp³-hybridized carbons (Fsp3) is 0.0909. The van der Waals surface area contributed by atoms with Crippen LogP contribution in [0.3, 0.4) is 0 Å². The highest BCUT2D eigenvalue weighted by Crippen LogP contribution is 2.12. The molecule has 16 heavy (non-hydrogen) atoms. The standard InChI is InChI=1S/C11H10N2O3/c12-6-9(11(16)13-7-14)5-8-1-3-10(15)4-2-8/h1-5,14-15H,7H2,(H,13,16)/b9-5+. The molecule has 5 nitrogen and oxygen atoms in total. The van der Waals surface area contributed by atoms with Gasteiger partial charge in [0.1, 0.15) is 24.1 Å². The maximum Gasteiger partial charge on any atom is 0.263 e. The van der Waals surface area contributed by atoms with Crippen LogP contribution in [-0.4, -0.2) is 22.9 Å². The summed E-state index contributed by atoms with van der Waals surface area (Å²) in [6.07, 6.45) is 1.37. The van der Waals surface area contributed by atoms with E-state index >= 15 is 0 Å². The van der Waals surface area contributed by atoms with E-state index in [0.717, 1.165) is 0 Å². The Bertz CT molecular complexity index is 443. The molecule has 1 amide bonds. The molecule has 0 fully saturated rings. The predicted octanol–water partition coefficient (Wildman–Crippen LogP) is 0.365. The quantitative estimate of drug-likeness (QED) is 0.388. The molecule has 1 aromatic rings. The lowest BCUT2D eigenvalue weighted by atomic mass is 10.1. The van der Waals surface area contributed by atoms with E-state index in [9.17, 15) is 4.79 Å². The lowest BCUT2D eigenvalue weighted by Gasteiger charge is -1.99. The second-order valence-corrected chi connectivity index (χ2v) is 2.93. The average molecular weight is 218 g/mol. The zero-order valence-corrected chi connectivity index (χ0v) is 8.34. The van der Waals surface area contributed by atoms with Gasteiger partial charge in [0.2, 0.25) is 0 Å². The number of phenols is 1. The van der Waals surface area contributed by atoms with Crippen molar-refractivity contribution in [1.82, 2.24) is 5.32 Å². The molecule has 0 radical (unpaired) electrons. The summed E-state index contributed by atoms with van der Waals surface area (Å²) in [5.41, 5.74) is 0.502. The van der Waals surface area contributed by atoms with Gasteiger partial charge in [-0.1, -0.05) is 12.1 Å². The predicted molar refractivity (Wildman–Crippen MR) is 56.9 cm³/mol. The van der Waals surface area contributed by atoms with E-state index in [1.54, 1.807) is 18.2 Å². The number of carbonyl (C=O) groups is 1. The first kappa shape index (κ1) is 11.8. The zero-order chi connectivity index (χ0) is 12.0. The van der Waals surface area contributed by atoms with Crippen LogP contribution < -0.4 is 5.32 Å². The summed E-state index contributed by atoms with van der Waals surface area (Å²) in [7, 11) is 0. The maximum atomic E-state index is 11.2. The van der Waals surface area contributed by atoms with Gasteiger partial charge in [0.25, 0.3) is 5.91 Å². The highest BCUT2D eigenvalue weighted by Gasteiger charge is 2.07. The highest BCUT2D eigenvalue weighted by atomic mass is 16.3. The van der Waals surface area contributed by atoms with Crippen LogP contribution in [0.25, 0.3) is 6.08 Å². The smallest absolute Gasteiger partial charge is 0.263 e. The van der Waals surface area contributed by atoms with E-state index in [-0.39, 0.29) is 11.3 Å². The third-order valence-corrected chi connectivity index (χ3v) is 1.81. The van der Waals surface area contributed by atoms with Crippen molar-refractivity contribution in [3.05, 3.63) is 35.4 Å². The minimum atomic E-state index is -0.641. The number of aromatic hydroxyl groups is 1. The van der Waals surface area contributed by atoms with Crippen LogP contribution in [0.4, 0.5) is 0 Å². The fourth-order valence-corrected chi connectivity index (χ4v) is 1.05. The molecular formula is C11H10N2O3. The molecule has 0 spiro atoms. The van der Waals surface area contributed by atoms with Crippen LogP contribution in [0.1, 0.15) is 5.56 Å². The average Bonchev–Trinajstić information content (AvgIpc) is 2.28. The van der Waals surface area contributed by atoms with E-state index in [4.69, 9.17) is 15.5 Å². The van der Waals surface area contributed by atoms with Crippen molar-refractivity contribution >= 4 is 12.0 Å². The third kappa shape index (κ3) is 3.12. The van der Waals surface area contributed by atoms with Crippen molar-refractivity contribution in [3.8, 4) is 11.8 Å². The Morgan fingerprint density at radius 1 is 1.44 bits per heavy atom. The molecule has 0 bridgehead atoms. The molecule has 0 aliphatic rings. The Morgan fingerprint density at radius 3 is 2.56 bits per heavy atom. The number of carbonyl (C=O) groups excluding carboxylic acids is 1. The van der Waals surface area contributed by atoms with Gasteiger partial charge >= 0.3 is 0 Å². The second kappa shape index (κ2) is 5.53. The Labute approximate surface area is 92.3 Å². The van der Waals surface area contributed by atoms with E-state index in [2.05, 4.69) is 5.32 Å². The van der Waals surface area contributed by atoms with Crippen LogP contribution in [0.5, 0.6) is 5.75 Å². The van der Waals surface area contributed by atoms with Crippen molar-refractivity contribution < 1.29 is 15.0 Å². The first-order valence-electron chi connectivity index (χ1n) is 4.47. The van der Waals surface area contributed by atoms with E-state index in [0.29, 0.717) is 5.56 Å². The second-order valence-electron chi connectivity index (χ2n) is 2.93. The summed E-state index contributed by atoms with van der Waals surface area (Å²) >= 11 is 0. The van der Waals surface area contributed by atoms with Crippen molar-refractivity contribution in [2.45, 2.75) is 0 Å². The number of rotatable bonds is 3. The molecular weight excluding hydrogens is 208 g/mol. The SMILES string of the molecule is N#C/C(=C\c1ccc(O)cc1)C(=O)NCO. The molecule has 5 heteroatoms. The van der Waals surface area contributed by atoms with E-state index < -0.39 is 12.6 Å². The molecule has 0 saturated heterocycles. The Balaban J connectivity index is 2.92. The van der Waals surface area contributed by atoms with Gasteiger partial charge in [-0.25, -0.2) is 0 Å². The lowest BCUT2D eigenvalue weighted by Crippen LogP contribution is -2.25. The summed E-state index contributed by atoms with van der Waals surface area (Å²) in [5, 5.41) is 28.4. The number of aliphatic hydroxyl groups excluding tert-OH is 1. The highest BCUT2D eigenvalue weighted by molar-refractivity contribution is 6.01. The number of benzene rings is 1. The molecule has 0 unspecified atom stereocenters. The van der Waals surface area contributed by atoms with Crippen LogP contribution in [0, 0.1) is 11.3 Å². The van der Waals surface area contributed by atoms with Crippen molar-refractivity contribution in [1.29, 1.82) is 5.26 Å². The summed E-state index contributed by atoms with van der Waals surface area (Å²) in [6, 6.07) is 7.76. The van der Waals surface area contributed by atoms with Gasteiger partial charge in [-0.15, -0.1) is 0 Å². The number of hydrogen-bond donors (Lipinski definition) is 3. The molecule has 0 aliphatic heterocycles. The number of nitriles is 1. The van der Waals surface area contributed by atoms with Gasteiger partial charge < -0.3 is 15.5 Å². The summed E-state index contributed by atoms with van der Waals surface area (Å²) in [4.78, 5) is 11.2. The molecule has 3 N–H and O–H groups in total. The van der Waals surface area contributed by atoms with Crippen molar-refractivity contribution in [2.24, 2.45) is 0 Å². The van der Waals surface area contributed by atoms with E-state index in [1.165, 1.54) is 18.2 Å². The van der Waals surface area contributed by atoms with Crippen LogP contribution in [0.2, 0.25) is 0 Å². The topological polar surface area (TPSA) is 93.3 Å². The van der Waals surface area contributed by atoms with E-state index in [1.807, 2.05) is 0 Å². The molecule has 0 heterocycles. The number of nitrogens with zero attached hydrogens (tertiary/aromatic N) is 1. The van der Waals surface area contributed by atoms with Crippen molar-refractivity contribution in [3.63, 3.8) is 0 Å². The fourth-order valence-electron chi connectivity index (χ4n) is 1.05.